The van der Waals surface area contributed by atoms with Crippen molar-refractivity contribution in [1.82, 2.24) is 5.32 Å². The number of rotatable bonds is 50. The van der Waals surface area contributed by atoms with E-state index in [1.54, 1.807) is 6.08 Å². The van der Waals surface area contributed by atoms with Gasteiger partial charge in [-0.25, -0.2) is 0 Å². The smallest absolute Gasteiger partial charge is 0.305 e. The van der Waals surface area contributed by atoms with Crippen molar-refractivity contribution in [2.75, 3.05) is 13.2 Å². The van der Waals surface area contributed by atoms with E-state index < -0.39 is 12.1 Å². The highest BCUT2D eigenvalue weighted by molar-refractivity contribution is 5.76. The van der Waals surface area contributed by atoms with E-state index in [9.17, 15) is 19.8 Å². The first-order valence-corrected chi connectivity index (χ1v) is 27.0. The van der Waals surface area contributed by atoms with Crippen LogP contribution in [0.2, 0.25) is 0 Å². The molecule has 0 aromatic carbocycles. The highest BCUT2D eigenvalue weighted by Crippen LogP contribution is 2.17. The monoisotopic (exact) mass is 848 g/mol. The summed E-state index contributed by atoms with van der Waals surface area (Å²) in [5.74, 6) is -0.0665. The first-order valence-electron chi connectivity index (χ1n) is 27.0. The standard InChI is InChI=1S/C54H105NO5/c1-3-5-7-9-11-13-15-22-26-30-34-38-42-46-52(57)51(50-56)55-53(58)47-43-39-35-31-27-24-20-18-17-19-21-25-29-33-37-41-45-49-60-54(59)48-44-40-36-32-28-23-16-14-12-10-8-6-4-2/h42,46,51-52,56-57H,3-41,43-45,47-50H2,1-2H3,(H,55,58)/b46-42+. The second-order valence-electron chi connectivity index (χ2n) is 18.6. The van der Waals surface area contributed by atoms with Gasteiger partial charge in [0.05, 0.1) is 25.4 Å². The fourth-order valence-corrected chi connectivity index (χ4v) is 8.40. The molecule has 0 aliphatic heterocycles. The van der Waals surface area contributed by atoms with E-state index in [-0.39, 0.29) is 18.5 Å². The van der Waals surface area contributed by atoms with E-state index in [0.717, 1.165) is 38.5 Å². The summed E-state index contributed by atoms with van der Waals surface area (Å²) < 4.78 is 5.47. The van der Waals surface area contributed by atoms with Crippen LogP contribution in [0.4, 0.5) is 0 Å². The molecule has 2 atom stereocenters. The molecule has 0 aromatic heterocycles. The van der Waals surface area contributed by atoms with Crippen molar-refractivity contribution >= 4 is 11.9 Å². The Labute approximate surface area is 374 Å². The number of esters is 1. The van der Waals surface area contributed by atoms with Gasteiger partial charge >= 0.3 is 5.97 Å². The van der Waals surface area contributed by atoms with E-state index >= 15 is 0 Å². The molecule has 356 valence electrons. The lowest BCUT2D eigenvalue weighted by molar-refractivity contribution is -0.143. The number of carbonyl (C=O) groups is 2. The van der Waals surface area contributed by atoms with Crippen LogP contribution in [0.5, 0.6) is 0 Å². The fourth-order valence-electron chi connectivity index (χ4n) is 8.40. The number of amides is 1. The van der Waals surface area contributed by atoms with Crippen LogP contribution in [0.15, 0.2) is 12.2 Å². The Morgan fingerprint density at radius 2 is 0.767 bits per heavy atom. The van der Waals surface area contributed by atoms with Crippen LogP contribution in [0.25, 0.3) is 0 Å². The molecule has 0 rings (SSSR count). The molecule has 6 nitrogen and oxygen atoms in total. The minimum absolute atomic E-state index is 0.00609. The zero-order valence-electron chi connectivity index (χ0n) is 40.5. The summed E-state index contributed by atoms with van der Waals surface area (Å²) in [7, 11) is 0. The normalized spacial score (nSPS) is 12.7. The maximum absolute atomic E-state index is 12.4. The Bertz CT molecular complexity index is 893. The average Bonchev–Trinajstić information content (AvgIpc) is 3.25. The van der Waals surface area contributed by atoms with Gasteiger partial charge in [-0.15, -0.1) is 0 Å². The van der Waals surface area contributed by atoms with Crippen LogP contribution in [0.3, 0.4) is 0 Å². The molecule has 1 amide bonds. The number of nitrogens with one attached hydrogen (secondary N) is 1. The maximum atomic E-state index is 12.4. The van der Waals surface area contributed by atoms with Crippen molar-refractivity contribution in [3.05, 3.63) is 12.2 Å². The van der Waals surface area contributed by atoms with Gasteiger partial charge in [0, 0.05) is 12.8 Å². The number of aliphatic hydroxyl groups is 2. The van der Waals surface area contributed by atoms with E-state index in [0.29, 0.717) is 19.4 Å². The van der Waals surface area contributed by atoms with Crippen LogP contribution in [-0.4, -0.2) is 47.4 Å². The number of hydrogen-bond donors (Lipinski definition) is 3. The van der Waals surface area contributed by atoms with E-state index in [2.05, 4.69) is 19.2 Å². The lowest BCUT2D eigenvalue weighted by Crippen LogP contribution is -2.45. The molecule has 0 spiro atoms. The SMILES string of the molecule is CCCCCCCCCCCCC/C=C/C(O)C(CO)NC(=O)CCCCCCCCCCCCCCCCCCCOC(=O)CCCCCCCCCCCCCCC. The molecule has 0 bridgehead atoms. The molecule has 0 radical (unpaired) electrons. The van der Waals surface area contributed by atoms with E-state index in [1.807, 2.05) is 6.08 Å². The topological polar surface area (TPSA) is 95.9 Å². The molecule has 60 heavy (non-hydrogen) atoms. The van der Waals surface area contributed by atoms with Crippen LogP contribution in [0.1, 0.15) is 296 Å². The number of carbonyl (C=O) groups excluding carboxylic acids is 2. The molecule has 6 heteroatoms. The van der Waals surface area contributed by atoms with Gasteiger partial charge in [-0.05, 0) is 32.1 Å². The third-order valence-corrected chi connectivity index (χ3v) is 12.6. The Morgan fingerprint density at radius 3 is 1.13 bits per heavy atom. The summed E-state index contributed by atoms with van der Waals surface area (Å²) in [4.78, 5) is 24.4. The van der Waals surface area contributed by atoms with Crippen molar-refractivity contribution in [3.8, 4) is 0 Å². The average molecular weight is 848 g/mol. The van der Waals surface area contributed by atoms with Gasteiger partial charge in [-0.3, -0.25) is 9.59 Å². The largest absolute Gasteiger partial charge is 0.466 e. The zero-order chi connectivity index (χ0) is 43.7. The first kappa shape index (κ1) is 58.6. The second kappa shape index (κ2) is 50.2. The summed E-state index contributed by atoms with van der Waals surface area (Å²) >= 11 is 0. The van der Waals surface area contributed by atoms with Gasteiger partial charge in [0.25, 0.3) is 0 Å². The Hall–Kier alpha value is -1.40. The Morgan fingerprint density at radius 1 is 0.450 bits per heavy atom. The minimum atomic E-state index is -0.846. The molecule has 0 aliphatic carbocycles. The van der Waals surface area contributed by atoms with Crippen molar-refractivity contribution < 1.29 is 24.5 Å². The highest BCUT2D eigenvalue weighted by atomic mass is 16.5. The molecule has 2 unspecified atom stereocenters. The van der Waals surface area contributed by atoms with Gasteiger partial charge in [0.1, 0.15) is 0 Å². The van der Waals surface area contributed by atoms with Gasteiger partial charge in [0.2, 0.25) is 5.91 Å². The summed E-state index contributed by atoms with van der Waals surface area (Å²) in [6.07, 6.45) is 57.9. The van der Waals surface area contributed by atoms with Gasteiger partial charge < -0.3 is 20.3 Å². The Balaban J connectivity index is 3.43. The van der Waals surface area contributed by atoms with Crippen LogP contribution in [0, 0.1) is 0 Å². The predicted molar refractivity (Wildman–Crippen MR) is 260 cm³/mol. The number of unbranched alkanes of at least 4 members (excludes halogenated alkanes) is 39. The molecule has 0 saturated heterocycles. The number of allylic oxidation sites excluding steroid dienone is 1. The van der Waals surface area contributed by atoms with Crippen LogP contribution >= 0.6 is 0 Å². The van der Waals surface area contributed by atoms with E-state index in [1.165, 1.54) is 231 Å². The molecule has 0 saturated carbocycles. The number of aliphatic hydroxyl groups excluding tert-OH is 2. The Kier molecular flexibility index (Phi) is 49.1. The van der Waals surface area contributed by atoms with Gasteiger partial charge in [-0.2, -0.15) is 0 Å². The third-order valence-electron chi connectivity index (χ3n) is 12.6. The highest BCUT2D eigenvalue weighted by Gasteiger charge is 2.18. The molecule has 0 aromatic rings. The summed E-state index contributed by atoms with van der Waals surface area (Å²) in [5.41, 5.74) is 0. The summed E-state index contributed by atoms with van der Waals surface area (Å²) in [6.45, 7) is 4.90. The minimum Gasteiger partial charge on any atom is -0.466 e. The lowest BCUT2D eigenvalue weighted by atomic mass is 10.0. The molecular weight excluding hydrogens is 743 g/mol. The van der Waals surface area contributed by atoms with Crippen LogP contribution in [-0.2, 0) is 14.3 Å². The molecule has 3 N–H and O–H groups in total. The first-order chi connectivity index (χ1) is 29.5. The van der Waals surface area contributed by atoms with Crippen molar-refractivity contribution in [1.29, 1.82) is 0 Å². The zero-order valence-corrected chi connectivity index (χ0v) is 40.5. The van der Waals surface area contributed by atoms with Crippen molar-refractivity contribution in [3.63, 3.8) is 0 Å². The maximum Gasteiger partial charge on any atom is 0.305 e. The molecule has 0 fully saturated rings. The fraction of sp³-hybridized carbons (Fsp3) is 0.926. The third kappa shape index (κ3) is 46.1. The van der Waals surface area contributed by atoms with E-state index in [4.69, 9.17) is 4.74 Å². The summed E-state index contributed by atoms with van der Waals surface area (Å²) in [6, 6.07) is -0.630. The quantitative estimate of drug-likeness (QED) is 0.0322. The number of ether oxygens (including phenoxy) is 1. The molecule has 0 aliphatic rings. The van der Waals surface area contributed by atoms with Gasteiger partial charge in [-0.1, -0.05) is 264 Å². The number of hydrogen-bond acceptors (Lipinski definition) is 5. The predicted octanol–water partition coefficient (Wildman–Crippen LogP) is 16.1. The lowest BCUT2D eigenvalue weighted by Gasteiger charge is -2.20. The summed E-state index contributed by atoms with van der Waals surface area (Å²) in [5, 5.41) is 23.0. The molecular formula is C54H105NO5. The van der Waals surface area contributed by atoms with Crippen molar-refractivity contribution in [2.45, 2.75) is 309 Å². The molecule has 0 heterocycles. The second-order valence-corrected chi connectivity index (χ2v) is 18.6. The van der Waals surface area contributed by atoms with Crippen LogP contribution < -0.4 is 5.32 Å². The van der Waals surface area contributed by atoms with Crippen molar-refractivity contribution in [2.24, 2.45) is 0 Å². The van der Waals surface area contributed by atoms with Gasteiger partial charge in [0.15, 0.2) is 0 Å².